The molecule has 4 aliphatic rings. The van der Waals surface area contributed by atoms with Gasteiger partial charge in [0.05, 0.1) is 22.5 Å². The van der Waals surface area contributed by atoms with E-state index in [2.05, 4.69) is 20.3 Å². The Balaban J connectivity index is 1.43. The van der Waals surface area contributed by atoms with Gasteiger partial charge in [-0.1, -0.05) is 11.6 Å². The van der Waals surface area contributed by atoms with Crippen LogP contribution >= 0.6 is 11.6 Å². The normalized spacial score (nSPS) is 25.0. The number of nitrogen functional groups attached to an aromatic ring is 1. The van der Waals surface area contributed by atoms with Gasteiger partial charge >= 0.3 is 12.2 Å². The van der Waals surface area contributed by atoms with Gasteiger partial charge in [0.2, 0.25) is 11.8 Å². The zero-order chi connectivity index (χ0) is 33.5. The lowest BCUT2D eigenvalue weighted by molar-refractivity contribution is -0.137. The standard InChI is InChI=1S/C31H33ClF5N7O3/c1-39-20(45)10-17-12-29(5-6-29)43(2)26-21-25(41-28(42-26)46-14-30-4-3-7-44(30)13-15(33)11-30)23(34)24(40-27(21)47-17)18-8-16(38)9-19(32)22(18)31(35,36)37/h8-9,15,17H,3-7,10-14,38H2,1-2H3,(H,39,45)/t15-,17?,30+/m1/s1. The number of alkyl halides is 4. The highest BCUT2D eigenvalue weighted by Crippen LogP contribution is 2.52. The second-order valence-electron chi connectivity index (χ2n) is 13.0. The van der Waals surface area contributed by atoms with Gasteiger partial charge in [-0.15, -0.1) is 0 Å². The van der Waals surface area contributed by atoms with Crippen LogP contribution in [0.4, 0.5) is 33.5 Å². The highest BCUT2D eigenvalue weighted by molar-refractivity contribution is 6.32. The van der Waals surface area contributed by atoms with E-state index in [0.717, 1.165) is 37.9 Å². The Hall–Kier alpha value is -3.72. The topological polar surface area (TPSA) is 119 Å². The van der Waals surface area contributed by atoms with E-state index in [1.165, 1.54) is 7.05 Å². The van der Waals surface area contributed by atoms with Crippen LogP contribution < -0.4 is 25.4 Å². The minimum Gasteiger partial charge on any atom is -0.473 e. The molecule has 1 unspecified atom stereocenters. The van der Waals surface area contributed by atoms with Crippen molar-refractivity contribution in [1.82, 2.24) is 25.2 Å². The first-order valence-corrected chi connectivity index (χ1v) is 15.8. The third-order valence-corrected chi connectivity index (χ3v) is 10.3. The number of halogens is 6. The Kier molecular flexibility index (Phi) is 7.58. The Morgan fingerprint density at radius 2 is 1.98 bits per heavy atom. The van der Waals surface area contributed by atoms with Crippen LogP contribution in [0.5, 0.6) is 11.9 Å². The van der Waals surface area contributed by atoms with Crippen LogP contribution in [0.1, 0.15) is 50.5 Å². The number of nitrogens with zero attached hydrogens (tertiary/aromatic N) is 5. The zero-order valence-electron chi connectivity index (χ0n) is 25.7. The van der Waals surface area contributed by atoms with Crippen molar-refractivity contribution in [2.24, 2.45) is 0 Å². The lowest BCUT2D eigenvalue weighted by Gasteiger charge is -2.36. The number of nitrogens with one attached hydrogen (secondary N) is 1. The van der Waals surface area contributed by atoms with Gasteiger partial charge in [0.1, 0.15) is 41.3 Å². The van der Waals surface area contributed by atoms with E-state index < -0.39 is 62.7 Å². The Bertz CT molecular complexity index is 1770. The summed E-state index contributed by atoms with van der Waals surface area (Å²) in [6.45, 7) is 1.07. The summed E-state index contributed by atoms with van der Waals surface area (Å²) >= 11 is 6.03. The number of amides is 1. The zero-order valence-corrected chi connectivity index (χ0v) is 26.4. The van der Waals surface area contributed by atoms with E-state index in [1.54, 1.807) is 7.05 Å². The molecule has 7 rings (SSSR count). The van der Waals surface area contributed by atoms with Crippen LogP contribution in [-0.4, -0.2) is 82.9 Å². The van der Waals surface area contributed by atoms with E-state index in [9.17, 15) is 22.4 Å². The number of hydrogen-bond acceptors (Lipinski definition) is 9. The van der Waals surface area contributed by atoms with Crippen molar-refractivity contribution < 1.29 is 36.2 Å². The first-order valence-electron chi connectivity index (χ1n) is 15.4. The summed E-state index contributed by atoms with van der Waals surface area (Å²) in [7, 11) is 3.26. The lowest BCUT2D eigenvalue weighted by atomic mass is 9.95. The van der Waals surface area contributed by atoms with Gasteiger partial charge in [0.15, 0.2) is 5.82 Å². The fraction of sp³-hybridized carbons (Fsp3) is 0.548. The average Bonchev–Trinajstić information content (AvgIpc) is 3.57. The van der Waals surface area contributed by atoms with Crippen molar-refractivity contribution in [3.63, 3.8) is 0 Å². The van der Waals surface area contributed by atoms with Crippen LogP contribution in [0.15, 0.2) is 12.1 Å². The highest BCUT2D eigenvalue weighted by Gasteiger charge is 2.52. The molecule has 0 radical (unpaired) electrons. The van der Waals surface area contributed by atoms with Crippen molar-refractivity contribution in [3.8, 4) is 23.1 Å². The van der Waals surface area contributed by atoms with E-state index in [-0.39, 0.29) is 54.1 Å². The number of carbonyl (C=O) groups excluding carboxylic acids is 1. The molecular formula is C31H33ClF5N7O3. The maximum Gasteiger partial charge on any atom is 0.418 e. The fourth-order valence-electron chi connectivity index (χ4n) is 7.52. The van der Waals surface area contributed by atoms with Crippen LogP contribution in [0, 0.1) is 5.82 Å². The van der Waals surface area contributed by atoms with E-state index in [4.69, 9.17) is 26.8 Å². The molecule has 3 aromatic rings. The third kappa shape index (κ3) is 5.44. The summed E-state index contributed by atoms with van der Waals surface area (Å²) in [5.41, 5.74) is 1.52. The molecule has 2 aromatic heterocycles. The molecule has 3 aliphatic heterocycles. The molecule has 3 atom stereocenters. The van der Waals surface area contributed by atoms with Gasteiger partial charge in [-0.05, 0) is 44.4 Å². The van der Waals surface area contributed by atoms with Gasteiger partial charge in [-0.2, -0.15) is 23.1 Å². The van der Waals surface area contributed by atoms with Crippen LogP contribution in [-0.2, 0) is 11.0 Å². The number of benzene rings is 1. The molecule has 252 valence electrons. The summed E-state index contributed by atoms with van der Waals surface area (Å²) in [4.78, 5) is 29.7. The van der Waals surface area contributed by atoms with Crippen molar-refractivity contribution in [3.05, 3.63) is 28.5 Å². The molecule has 16 heteroatoms. The summed E-state index contributed by atoms with van der Waals surface area (Å²) in [5.74, 6) is -1.55. The smallest absolute Gasteiger partial charge is 0.418 e. The predicted molar refractivity (Wildman–Crippen MR) is 164 cm³/mol. The van der Waals surface area contributed by atoms with Crippen LogP contribution in [0.3, 0.4) is 0 Å². The molecule has 1 aliphatic carbocycles. The van der Waals surface area contributed by atoms with Crippen LogP contribution in [0.2, 0.25) is 5.02 Å². The van der Waals surface area contributed by atoms with E-state index in [0.29, 0.717) is 19.4 Å². The Labute approximate surface area is 271 Å². The first-order chi connectivity index (χ1) is 22.2. The quantitative estimate of drug-likeness (QED) is 0.264. The Morgan fingerprint density at radius 1 is 1.21 bits per heavy atom. The minimum atomic E-state index is -5.00. The molecule has 0 bridgehead atoms. The van der Waals surface area contributed by atoms with Gasteiger partial charge in [-0.25, -0.2) is 13.8 Å². The molecule has 47 heavy (non-hydrogen) atoms. The summed E-state index contributed by atoms with van der Waals surface area (Å²) in [6.07, 6.45) is -3.16. The van der Waals surface area contributed by atoms with Crippen molar-refractivity contribution >= 4 is 39.9 Å². The number of nitrogens with two attached hydrogens (primary N) is 1. The number of pyridine rings is 1. The highest BCUT2D eigenvalue weighted by atomic mass is 35.5. The number of fused-ring (bicyclic) bond motifs is 1. The number of ether oxygens (including phenoxy) is 2. The molecule has 1 spiro atoms. The number of rotatable bonds is 6. The van der Waals surface area contributed by atoms with Crippen molar-refractivity contribution in [1.29, 1.82) is 0 Å². The molecule has 1 amide bonds. The van der Waals surface area contributed by atoms with Crippen molar-refractivity contribution in [2.75, 3.05) is 44.4 Å². The molecule has 10 nitrogen and oxygen atoms in total. The van der Waals surface area contributed by atoms with Crippen molar-refractivity contribution in [2.45, 2.75) is 74.5 Å². The van der Waals surface area contributed by atoms with E-state index in [1.807, 2.05) is 9.80 Å². The monoisotopic (exact) mass is 681 g/mol. The summed E-state index contributed by atoms with van der Waals surface area (Å²) < 4.78 is 86.7. The molecule has 3 N–H and O–H groups in total. The largest absolute Gasteiger partial charge is 0.473 e. The summed E-state index contributed by atoms with van der Waals surface area (Å²) in [6, 6.07) is 1.65. The molecule has 1 saturated carbocycles. The van der Waals surface area contributed by atoms with Gasteiger partial charge in [0.25, 0.3) is 0 Å². The molecule has 1 aromatic carbocycles. The second kappa shape index (κ2) is 11.2. The third-order valence-electron chi connectivity index (χ3n) is 10.0. The fourth-order valence-corrected chi connectivity index (χ4v) is 7.85. The van der Waals surface area contributed by atoms with E-state index >= 15 is 4.39 Å². The summed E-state index contributed by atoms with van der Waals surface area (Å²) in [5, 5.41) is 1.84. The predicted octanol–water partition coefficient (Wildman–Crippen LogP) is 5.30. The molecular weight excluding hydrogens is 649 g/mol. The van der Waals surface area contributed by atoms with Gasteiger partial charge in [-0.3, -0.25) is 9.69 Å². The maximum atomic E-state index is 16.8. The number of aromatic nitrogens is 3. The molecule has 5 heterocycles. The van der Waals surface area contributed by atoms with Gasteiger partial charge in [0, 0.05) is 50.3 Å². The SMILES string of the molecule is CNC(=O)CC1CC2(CC2)N(C)c2nc(OC[C@@]34CCCN3C[C@H](F)C4)nc3c(F)c(-c4cc(N)cc(Cl)c4C(F)(F)F)nc(c23)O1. The number of anilines is 2. The first kappa shape index (κ1) is 31.9. The maximum absolute atomic E-state index is 16.8. The Morgan fingerprint density at radius 3 is 2.68 bits per heavy atom. The number of carbonyl (C=O) groups is 1. The number of hydrogen-bond donors (Lipinski definition) is 2. The second-order valence-corrected chi connectivity index (χ2v) is 13.4. The molecule has 2 saturated heterocycles. The average molecular weight is 682 g/mol. The van der Waals surface area contributed by atoms with Crippen LogP contribution in [0.25, 0.3) is 22.2 Å². The molecule has 3 fully saturated rings. The minimum absolute atomic E-state index is 0.0166. The lowest BCUT2D eigenvalue weighted by Crippen LogP contribution is -2.44. The van der Waals surface area contributed by atoms with Gasteiger partial charge < -0.3 is 25.4 Å².